The summed E-state index contributed by atoms with van der Waals surface area (Å²) in [6.45, 7) is 1.72. The van der Waals surface area contributed by atoms with Crippen LogP contribution in [-0.2, 0) is 0 Å². The van der Waals surface area contributed by atoms with E-state index < -0.39 is 5.91 Å². The Labute approximate surface area is 85.4 Å². The van der Waals surface area contributed by atoms with Crippen LogP contribution in [0.4, 0.5) is 5.82 Å². The Bertz CT molecular complexity index is 466. The average molecular weight is 204 g/mol. The van der Waals surface area contributed by atoms with Crippen molar-refractivity contribution in [3.8, 4) is 0 Å². The van der Waals surface area contributed by atoms with E-state index in [9.17, 15) is 4.79 Å². The van der Waals surface area contributed by atoms with E-state index in [-0.39, 0.29) is 5.89 Å². The van der Waals surface area contributed by atoms with Gasteiger partial charge < -0.3 is 9.73 Å². The Morgan fingerprint density at radius 2 is 2.33 bits per heavy atom. The summed E-state index contributed by atoms with van der Waals surface area (Å²) in [6, 6.07) is 1.58. The van der Waals surface area contributed by atoms with Crippen LogP contribution in [-0.4, -0.2) is 20.9 Å². The molecule has 6 heteroatoms. The maximum Gasteiger partial charge on any atom is 0.312 e. The van der Waals surface area contributed by atoms with Gasteiger partial charge in [-0.2, -0.15) is 0 Å². The highest BCUT2D eigenvalue weighted by Crippen LogP contribution is 2.05. The van der Waals surface area contributed by atoms with Gasteiger partial charge in [-0.15, -0.1) is 0 Å². The first-order valence-corrected chi connectivity index (χ1v) is 4.25. The van der Waals surface area contributed by atoms with Crippen LogP contribution in [0.3, 0.4) is 0 Å². The minimum Gasteiger partial charge on any atom is -0.438 e. The maximum absolute atomic E-state index is 11.5. The average Bonchev–Trinajstić information content (AvgIpc) is 2.66. The summed E-state index contributed by atoms with van der Waals surface area (Å²) in [5.41, 5.74) is 0. The van der Waals surface area contributed by atoms with Crippen LogP contribution in [0.15, 0.2) is 29.2 Å². The van der Waals surface area contributed by atoms with Crippen LogP contribution in [0, 0.1) is 6.92 Å². The Kier molecular flexibility index (Phi) is 2.40. The lowest BCUT2D eigenvalue weighted by molar-refractivity contribution is 0.0988. The Balaban J connectivity index is 2.11. The standard InChI is InChI=1S/C9H8N4O2/c1-6-4-11-9(15-6)8(14)13-7-2-3-10-5-12-7/h2-5H,1H3,(H,10,12,13,14). The number of nitrogens with zero attached hydrogens (tertiary/aromatic N) is 3. The van der Waals surface area contributed by atoms with E-state index in [1.165, 1.54) is 18.7 Å². The lowest BCUT2D eigenvalue weighted by Gasteiger charge is -1.99. The smallest absolute Gasteiger partial charge is 0.312 e. The Morgan fingerprint density at radius 3 is 2.93 bits per heavy atom. The van der Waals surface area contributed by atoms with Gasteiger partial charge in [0.15, 0.2) is 0 Å². The molecule has 0 aromatic carbocycles. The number of oxazole rings is 1. The van der Waals surface area contributed by atoms with Gasteiger partial charge in [-0.3, -0.25) is 4.79 Å². The molecule has 1 N–H and O–H groups in total. The topological polar surface area (TPSA) is 80.9 Å². The molecule has 0 atom stereocenters. The zero-order valence-corrected chi connectivity index (χ0v) is 7.97. The van der Waals surface area contributed by atoms with Crippen LogP contribution in [0.2, 0.25) is 0 Å². The van der Waals surface area contributed by atoms with Crippen LogP contribution in [0.25, 0.3) is 0 Å². The quantitative estimate of drug-likeness (QED) is 0.789. The van der Waals surface area contributed by atoms with E-state index in [2.05, 4.69) is 20.3 Å². The molecular formula is C9H8N4O2. The molecule has 0 saturated carbocycles. The summed E-state index contributed by atoms with van der Waals surface area (Å²) in [4.78, 5) is 22.9. The molecule has 0 bridgehead atoms. The summed E-state index contributed by atoms with van der Waals surface area (Å²) in [5, 5.41) is 2.53. The Morgan fingerprint density at radius 1 is 1.47 bits per heavy atom. The van der Waals surface area contributed by atoms with Gasteiger partial charge in [-0.05, 0) is 13.0 Å². The lowest BCUT2D eigenvalue weighted by Crippen LogP contribution is -2.13. The molecular weight excluding hydrogens is 196 g/mol. The summed E-state index contributed by atoms with van der Waals surface area (Å²) in [7, 11) is 0. The summed E-state index contributed by atoms with van der Waals surface area (Å²) in [5.74, 6) is 0.585. The highest BCUT2D eigenvalue weighted by molar-refractivity contribution is 6.00. The molecule has 0 aliphatic carbocycles. The molecule has 15 heavy (non-hydrogen) atoms. The number of carbonyl (C=O) groups excluding carboxylic acids is 1. The fourth-order valence-electron chi connectivity index (χ4n) is 0.994. The number of nitrogens with one attached hydrogen (secondary N) is 1. The van der Waals surface area contributed by atoms with Crippen LogP contribution < -0.4 is 5.32 Å². The molecule has 2 rings (SSSR count). The van der Waals surface area contributed by atoms with Crippen molar-refractivity contribution >= 4 is 11.7 Å². The molecule has 0 spiro atoms. The third-order valence-electron chi connectivity index (χ3n) is 1.64. The first kappa shape index (κ1) is 9.32. The van der Waals surface area contributed by atoms with Gasteiger partial charge >= 0.3 is 5.91 Å². The molecule has 0 fully saturated rings. The van der Waals surface area contributed by atoms with E-state index >= 15 is 0 Å². The Hall–Kier alpha value is -2.24. The number of amides is 1. The molecule has 0 radical (unpaired) electrons. The molecule has 0 unspecified atom stereocenters. The van der Waals surface area contributed by atoms with Gasteiger partial charge in [0.05, 0.1) is 6.20 Å². The third-order valence-corrected chi connectivity index (χ3v) is 1.64. The number of hydrogen-bond donors (Lipinski definition) is 1. The van der Waals surface area contributed by atoms with Gasteiger partial charge in [-0.1, -0.05) is 0 Å². The molecule has 2 aromatic heterocycles. The lowest BCUT2D eigenvalue weighted by atomic mass is 10.5. The maximum atomic E-state index is 11.5. The van der Waals surface area contributed by atoms with Gasteiger partial charge in [0.2, 0.25) is 0 Å². The van der Waals surface area contributed by atoms with Crippen molar-refractivity contribution in [2.75, 3.05) is 5.32 Å². The highest BCUT2D eigenvalue weighted by atomic mass is 16.4. The van der Waals surface area contributed by atoms with E-state index in [1.54, 1.807) is 13.0 Å². The summed E-state index contributed by atoms with van der Waals surface area (Å²) < 4.78 is 5.05. The number of rotatable bonds is 2. The van der Waals surface area contributed by atoms with Crippen LogP contribution in [0.5, 0.6) is 0 Å². The van der Waals surface area contributed by atoms with Gasteiger partial charge in [0.25, 0.3) is 5.89 Å². The third kappa shape index (κ3) is 2.16. The number of hydrogen-bond acceptors (Lipinski definition) is 5. The second-order valence-corrected chi connectivity index (χ2v) is 2.82. The number of carbonyl (C=O) groups is 1. The predicted octanol–water partition coefficient (Wildman–Crippen LogP) is 1.03. The minimum atomic E-state index is -0.429. The first-order valence-electron chi connectivity index (χ1n) is 4.25. The predicted molar refractivity (Wildman–Crippen MR) is 51.2 cm³/mol. The van der Waals surface area contributed by atoms with Gasteiger partial charge in [0, 0.05) is 6.20 Å². The zero-order valence-electron chi connectivity index (χ0n) is 7.97. The number of aryl methyl sites for hydroxylation is 1. The molecule has 6 nitrogen and oxygen atoms in total. The van der Waals surface area contributed by atoms with E-state index in [1.807, 2.05) is 0 Å². The fraction of sp³-hybridized carbons (Fsp3) is 0.111. The van der Waals surface area contributed by atoms with Crippen molar-refractivity contribution in [2.24, 2.45) is 0 Å². The van der Waals surface area contributed by atoms with Crippen molar-refractivity contribution in [1.29, 1.82) is 0 Å². The fourth-order valence-corrected chi connectivity index (χ4v) is 0.994. The van der Waals surface area contributed by atoms with Gasteiger partial charge in [0.1, 0.15) is 17.9 Å². The number of aromatic nitrogens is 3. The summed E-state index contributed by atoms with van der Waals surface area (Å²) >= 11 is 0. The molecule has 1 amide bonds. The van der Waals surface area contributed by atoms with Crippen molar-refractivity contribution < 1.29 is 9.21 Å². The molecule has 2 heterocycles. The molecule has 0 aliphatic heterocycles. The van der Waals surface area contributed by atoms with Crippen molar-refractivity contribution in [2.45, 2.75) is 6.92 Å². The number of anilines is 1. The second-order valence-electron chi connectivity index (χ2n) is 2.82. The SMILES string of the molecule is Cc1cnc(C(=O)Nc2ccncn2)o1. The van der Waals surface area contributed by atoms with Gasteiger partial charge in [-0.25, -0.2) is 15.0 Å². The second kappa shape index (κ2) is 3.87. The normalized spacial score (nSPS) is 9.93. The van der Waals surface area contributed by atoms with E-state index in [0.29, 0.717) is 11.6 Å². The molecule has 76 valence electrons. The minimum absolute atomic E-state index is 0.0195. The van der Waals surface area contributed by atoms with Crippen molar-refractivity contribution in [3.05, 3.63) is 36.4 Å². The molecule has 0 aliphatic rings. The van der Waals surface area contributed by atoms with Crippen LogP contribution in [0.1, 0.15) is 16.4 Å². The monoisotopic (exact) mass is 204 g/mol. The largest absolute Gasteiger partial charge is 0.438 e. The van der Waals surface area contributed by atoms with Crippen molar-refractivity contribution in [3.63, 3.8) is 0 Å². The van der Waals surface area contributed by atoms with E-state index in [4.69, 9.17) is 4.42 Å². The van der Waals surface area contributed by atoms with E-state index in [0.717, 1.165) is 0 Å². The summed E-state index contributed by atoms with van der Waals surface area (Å²) in [6.07, 6.45) is 4.36. The van der Waals surface area contributed by atoms with Crippen LogP contribution >= 0.6 is 0 Å². The molecule has 2 aromatic rings. The first-order chi connectivity index (χ1) is 7.25. The highest BCUT2D eigenvalue weighted by Gasteiger charge is 2.12. The van der Waals surface area contributed by atoms with Crippen molar-refractivity contribution in [1.82, 2.24) is 15.0 Å². The molecule has 0 saturated heterocycles. The zero-order chi connectivity index (χ0) is 10.7.